The van der Waals surface area contributed by atoms with Gasteiger partial charge in [0.15, 0.2) is 0 Å². The van der Waals surface area contributed by atoms with E-state index in [-0.39, 0.29) is 17.4 Å². The first-order chi connectivity index (χ1) is 12.8. The number of urea groups is 1. The molecule has 3 fully saturated rings. The van der Waals surface area contributed by atoms with E-state index in [0.717, 1.165) is 18.9 Å². The van der Waals surface area contributed by atoms with Crippen molar-refractivity contribution in [2.45, 2.75) is 44.7 Å². The summed E-state index contributed by atoms with van der Waals surface area (Å²) in [6.07, 6.45) is 4.14. The number of nitrogens with zero attached hydrogens (tertiary/aromatic N) is 1. The fourth-order valence-corrected chi connectivity index (χ4v) is 4.55. The van der Waals surface area contributed by atoms with E-state index in [0.29, 0.717) is 18.5 Å². The lowest BCUT2D eigenvalue weighted by Gasteiger charge is -2.43. The lowest BCUT2D eigenvalue weighted by molar-refractivity contribution is -0.127. The number of halogens is 3. The highest BCUT2D eigenvalue weighted by molar-refractivity contribution is 6.31. The Labute approximate surface area is 161 Å². The van der Waals surface area contributed by atoms with Crippen LogP contribution in [0.15, 0.2) is 12.1 Å². The molecule has 5 nitrogen and oxygen atoms in total. The van der Waals surface area contributed by atoms with Crippen LogP contribution in [0.25, 0.3) is 0 Å². The van der Waals surface area contributed by atoms with Crippen LogP contribution in [-0.4, -0.2) is 36.0 Å². The average Bonchev–Trinajstić information content (AvgIpc) is 3.40. The maximum Gasteiger partial charge on any atom is 0.318 e. The fourth-order valence-electron chi connectivity index (χ4n) is 4.38. The zero-order valence-electron chi connectivity index (χ0n) is 15.0. The number of hydrogen-bond acceptors (Lipinski definition) is 2. The zero-order chi connectivity index (χ0) is 19.3. The van der Waals surface area contributed by atoms with Gasteiger partial charge in [-0.05, 0) is 50.0 Å². The average molecular weight is 398 g/mol. The molecule has 2 saturated carbocycles. The van der Waals surface area contributed by atoms with Gasteiger partial charge in [0.1, 0.15) is 22.7 Å². The van der Waals surface area contributed by atoms with Crippen LogP contribution in [0, 0.1) is 23.0 Å². The van der Waals surface area contributed by atoms with Crippen molar-refractivity contribution >= 4 is 23.5 Å². The summed E-state index contributed by atoms with van der Waals surface area (Å²) < 4.78 is 28.3. The van der Waals surface area contributed by atoms with E-state index in [2.05, 4.69) is 10.6 Å². The van der Waals surface area contributed by atoms with Crippen molar-refractivity contribution in [1.29, 1.82) is 0 Å². The fraction of sp³-hybridized carbons (Fsp3) is 0.579. The zero-order valence-corrected chi connectivity index (χ0v) is 15.8. The van der Waals surface area contributed by atoms with Crippen LogP contribution in [0.5, 0.6) is 0 Å². The van der Waals surface area contributed by atoms with Gasteiger partial charge in [0.2, 0.25) is 5.91 Å². The molecule has 1 aromatic carbocycles. The molecule has 1 heterocycles. The van der Waals surface area contributed by atoms with Crippen molar-refractivity contribution in [3.8, 4) is 0 Å². The number of hydrogen-bond donors (Lipinski definition) is 2. The van der Waals surface area contributed by atoms with Gasteiger partial charge in [0.25, 0.3) is 0 Å². The van der Waals surface area contributed by atoms with Crippen LogP contribution in [0.3, 0.4) is 0 Å². The Morgan fingerprint density at radius 3 is 2.74 bits per heavy atom. The molecule has 0 bridgehead atoms. The third kappa shape index (κ3) is 3.26. The summed E-state index contributed by atoms with van der Waals surface area (Å²) in [6.45, 7) is 2.41. The quantitative estimate of drug-likeness (QED) is 0.768. The minimum Gasteiger partial charge on any atom is -0.353 e. The molecule has 8 heteroatoms. The SMILES string of the molecule is C[C@@H]1C(=O)NCCN1C(=O)NC(c1ccc(F)c(Cl)c1F)C1CC2(CC2)C1. The number of amides is 3. The second kappa shape index (κ2) is 6.62. The van der Waals surface area contributed by atoms with Gasteiger partial charge in [-0.2, -0.15) is 0 Å². The van der Waals surface area contributed by atoms with E-state index in [1.807, 2.05) is 0 Å². The molecule has 2 aliphatic carbocycles. The molecule has 1 aromatic rings. The van der Waals surface area contributed by atoms with Crippen LogP contribution in [-0.2, 0) is 4.79 Å². The molecular weight excluding hydrogens is 376 g/mol. The van der Waals surface area contributed by atoms with Gasteiger partial charge in [-0.1, -0.05) is 17.7 Å². The lowest BCUT2D eigenvalue weighted by Crippen LogP contribution is -2.59. The predicted molar refractivity (Wildman–Crippen MR) is 96.2 cm³/mol. The van der Waals surface area contributed by atoms with Gasteiger partial charge in [0, 0.05) is 18.7 Å². The Kier molecular flexibility index (Phi) is 4.53. The molecule has 2 atom stereocenters. The summed E-state index contributed by atoms with van der Waals surface area (Å²) in [5, 5.41) is 5.05. The standard InChI is InChI=1S/C19H22ClF2N3O2/c1-10-17(26)23-6-7-25(10)18(27)24-16(11-8-19(9-11)4-5-19)12-2-3-13(21)14(20)15(12)22/h2-3,10-11,16H,4-9H2,1H3,(H,23,26)(H,24,27)/t10-,16?/m1/s1. The number of nitrogens with one attached hydrogen (secondary N) is 2. The molecule has 1 aliphatic heterocycles. The monoisotopic (exact) mass is 397 g/mol. The van der Waals surface area contributed by atoms with Crippen LogP contribution in [0.4, 0.5) is 13.6 Å². The summed E-state index contributed by atoms with van der Waals surface area (Å²) in [4.78, 5) is 26.1. The first-order valence-corrected chi connectivity index (χ1v) is 9.67. The van der Waals surface area contributed by atoms with Crippen LogP contribution < -0.4 is 10.6 Å². The van der Waals surface area contributed by atoms with Crippen molar-refractivity contribution in [2.24, 2.45) is 11.3 Å². The number of piperazine rings is 1. The van der Waals surface area contributed by atoms with E-state index in [9.17, 15) is 18.4 Å². The summed E-state index contributed by atoms with van der Waals surface area (Å²) in [6, 6.07) is 0.865. The largest absolute Gasteiger partial charge is 0.353 e. The van der Waals surface area contributed by atoms with Crippen molar-refractivity contribution in [3.05, 3.63) is 34.4 Å². The van der Waals surface area contributed by atoms with E-state index >= 15 is 0 Å². The topological polar surface area (TPSA) is 61.4 Å². The number of carbonyl (C=O) groups excluding carboxylic acids is 2. The number of benzene rings is 1. The molecular formula is C19H22ClF2N3O2. The molecule has 3 aliphatic rings. The first-order valence-electron chi connectivity index (χ1n) is 9.29. The third-order valence-corrected chi connectivity index (χ3v) is 6.60. The summed E-state index contributed by atoms with van der Waals surface area (Å²) in [5.41, 5.74) is 0.552. The lowest BCUT2D eigenvalue weighted by atomic mass is 9.67. The highest BCUT2D eigenvalue weighted by Crippen LogP contribution is 2.65. The van der Waals surface area contributed by atoms with Crippen LogP contribution in [0.2, 0.25) is 5.02 Å². The Hall–Kier alpha value is -1.89. The molecule has 4 rings (SSSR count). The minimum absolute atomic E-state index is 0.0707. The van der Waals surface area contributed by atoms with Crippen molar-refractivity contribution in [2.75, 3.05) is 13.1 Å². The number of carbonyl (C=O) groups is 2. The van der Waals surface area contributed by atoms with Gasteiger partial charge in [0.05, 0.1) is 6.04 Å². The second-order valence-corrected chi connectivity index (χ2v) is 8.40. The smallest absolute Gasteiger partial charge is 0.318 e. The number of rotatable bonds is 3. The third-order valence-electron chi connectivity index (χ3n) is 6.26. The van der Waals surface area contributed by atoms with Gasteiger partial charge < -0.3 is 15.5 Å². The Morgan fingerprint density at radius 2 is 2.07 bits per heavy atom. The van der Waals surface area contributed by atoms with E-state index in [1.165, 1.54) is 23.8 Å². The molecule has 0 aromatic heterocycles. The summed E-state index contributed by atoms with van der Waals surface area (Å²) in [7, 11) is 0. The van der Waals surface area contributed by atoms with E-state index < -0.39 is 34.8 Å². The van der Waals surface area contributed by atoms with E-state index in [1.54, 1.807) is 6.92 Å². The van der Waals surface area contributed by atoms with Gasteiger partial charge in [-0.15, -0.1) is 0 Å². The highest BCUT2D eigenvalue weighted by atomic mass is 35.5. The van der Waals surface area contributed by atoms with Crippen LogP contribution >= 0.6 is 11.6 Å². The Balaban J connectivity index is 1.58. The highest BCUT2D eigenvalue weighted by Gasteiger charge is 2.55. The van der Waals surface area contributed by atoms with Gasteiger partial charge in [-0.3, -0.25) is 4.79 Å². The molecule has 1 saturated heterocycles. The maximum absolute atomic E-state index is 14.7. The predicted octanol–water partition coefficient (Wildman–Crippen LogP) is 3.38. The van der Waals surface area contributed by atoms with Crippen LogP contribution in [0.1, 0.15) is 44.2 Å². The molecule has 1 spiro atoms. The molecule has 2 N–H and O–H groups in total. The molecule has 146 valence electrons. The van der Waals surface area contributed by atoms with Crippen molar-refractivity contribution < 1.29 is 18.4 Å². The summed E-state index contributed by atoms with van der Waals surface area (Å²) in [5.74, 6) is -1.80. The van der Waals surface area contributed by atoms with E-state index in [4.69, 9.17) is 11.6 Å². The Bertz CT molecular complexity index is 791. The normalized spacial score (nSPS) is 25.0. The maximum atomic E-state index is 14.7. The van der Waals surface area contributed by atoms with Gasteiger partial charge >= 0.3 is 6.03 Å². The first kappa shape index (κ1) is 18.5. The summed E-state index contributed by atoms with van der Waals surface area (Å²) >= 11 is 5.76. The Morgan fingerprint density at radius 1 is 1.37 bits per heavy atom. The van der Waals surface area contributed by atoms with Gasteiger partial charge in [-0.25, -0.2) is 13.6 Å². The molecule has 27 heavy (non-hydrogen) atoms. The van der Waals surface area contributed by atoms with Crippen molar-refractivity contribution in [3.63, 3.8) is 0 Å². The second-order valence-electron chi connectivity index (χ2n) is 8.02. The molecule has 1 unspecified atom stereocenters. The molecule has 0 radical (unpaired) electrons. The van der Waals surface area contributed by atoms with Crippen molar-refractivity contribution in [1.82, 2.24) is 15.5 Å². The molecule has 3 amide bonds. The minimum atomic E-state index is -0.830.